The Morgan fingerprint density at radius 2 is 2.45 bits per heavy atom. The van der Waals surface area contributed by atoms with Crippen molar-refractivity contribution in [1.29, 1.82) is 0 Å². The van der Waals surface area contributed by atoms with Crippen LogP contribution in [-0.2, 0) is 4.79 Å². The minimum absolute atomic E-state index is 0.0197. The van der Waals surface area contributed by atoms with E-state index in [1.165, 1.54) is 5.57 Å². The van der Waals surface area contributed by atoms with Crippen LogP contribution in [0, 0.1) is 0 Å². The molecule has 0 radical (unpaired) electrons. The van der Waals surface area contributed by atoms with Crippen LogP contribution in [0.25, 0.3) is 0 Å². The van der Waals surface area contributed by atoms with Crippen LogP contribution in [0.3, 0.4) is 0 Å². The average molecular weight is 149 g/mol. The van der Waals surface area contributed by atoms with Gasteiger partial charge in [0.15, 0.2) is 0 Å². The Kier molecular flexibility index (Phi) is 2.82. The third kappa shape index (κ3) is 2.52. The fourth-order valence-corrected chi connectivity index (χ4v) is 1.13. The van der Waals surface area contributed by atoms with Gasteiger partial charge in [-0.15, -0.1) is 0 Å². The van der Waals surface area contributed by atoms with Crippen molar-refractivity contribution in [3.63, 3.8) is 0 Å². The molecule has 0 bridgehead atoms. The van der Waals surface area contributed by atoms with Crippen molar-refractivity contribution in [2.45, 2.75) is 25.8 Å². The molecule has 2 heteroatoms. The number of isocyanates is 1. The van der Waals surface area contributed by atoms with Crippen molar-refractivity contribution in [2.24, 2.45) is 4.99 Å². The van der Waals surface area contributed by atoms with Gasteiger partial charge < -0.3 is 0 Å². The van der Waals surface area contributed by atoms with Crippen LogP contribution in [0.2, 0.25) is 0 Å². The molecule has 0 aromatic heterocycles. The van der Waals surface area contributed by atoms with Crippen molar-refractivity contribution in [3.05, 3.63) is 23.8 Å². The van der Waals surface area contributed by atoms with Gasteiger partial charge in [-0.1, -0.05) is 23.8 Å². The molecular weight excluding hydrogens is 138 g/mol. The zero-order valence-corrected chi connectivity index (χ0v) is 6.58. The summed E-state index contributed by atoms with van der Waals surface area (Å²) in [5, 5.41) is 0. The largest absolute Gasteiger partial charge is 0.235 e. The number of hydrogen-bond donors (Lipinski definition) is 0. The lowest BCUT2D eigenvalue weighted by molar-refractivity contribution is 0.560. The summed E-state index contributed by atoms with van der Waals surface area (Å²) in [5.74, 6) is 0. The number of aliphatic imine (C=N–C) groups is 1. The molecule has 2 nitrogen and oxygen atoms in total. The summed E-state index contributed by atoms with van der Waals surface area (Å²) < 4.78 is 0. The summed E-state index contributed by atoms with van der Waals surface area (Å²) in [7, 11) is 0. The minimum Gasteiger partial charge on any atom is -0.211 e. The SMILES string of the molecule is CC1=CC(N=C=O)CC=CC1. The van der Waals surface area contributed by atoms with Gasteiger partial charge in [-0.3, -0.25) is 0 Å². The molecule has 0 fully saturated rings. The van der Waals surface area contributed by atoms with Crippen molar-refractivity contribution >= 4 is 6.08 Å². The van der Waals surface area contributed by atoms with Gasteiger partial charge in [0.1, 0.15) is 0 Å². The second-order valence-electron chi connectivity index (χ2n) is 2.71. The lowest BCUT2D eigenvalue weighted by Crippen LogP contribution is -1.96. The molecule has 11 heavy (non-hydrogen) atoms. The molecule has 0 amide bonds. The summed E-state index contributed by atoms with van der Waals surface area (Å²) in [6.45, 7) is 2.04. The second-order valence-corrected chi connectivity index (χ2v) is 2.71. The second kappa shape index (κ2) is 3.89. The van der Waals surface area contributed by atoms with Crippen LogP contribution in [0.5, 0.6) is 0 Å². The predicted molar refractivity (Wildman–Crippen MR) is 44.0 cm³/mol. The van der Waals surface area contributed by atoms with Crippen LogP contribution in [0.4, 0.5) is 0 Å². The molecule has 1 atom stereocenters. The number of hydrogen-bond acceptors (Lipinski definition) is 2. The summed E-state index contributed by atoms with van der Waals surface area (Å²) in [4.78, 5) is 13.6. The molecule has 1 aliphatic rings. The summed E-state index contributed by atoms with van der Waals surface area (Å²) in [6.07, 6.45) is 9.56. The number of carbonyl (C=O) groups excluding carboxylic acids is 1. The highest BCUT2D eigenvalue weighted by Crippen LogP contribution is 2.12. The lowest BCUT2D eigenvalue weighted by atomic mass is 10.1. The van der Waals surface area contributed by atoms with Crippen LogP contribution >= 0.6 is 0 Å². The van der Waals surface area contributed by atoms with E-state index in [1.807, 2.05) is 13.0 Å². The minimum atomic E-state index is 0.0197. The zero-order valence-electron chi connectivity index (χ0n) is 6.58. The van der Waals surface area contributed by atoms with E-state index in [4.69, 9.17) is 0 Å². The molecule has 0 saturated heterocycles. The van der Waals surface area contributed by atoms with Gasteiger partial charge in [-0.05, 0) is 19.8 Å². The molecule has 1 unspecified atom stereocenters. The van der Waals surface area contributed by atoms with Crippen LogP contribution < -0.4 is 0 Å². The third-order valence-corrected chi connectivity index (χ3v) is 1.68. The highest BCUT2D eigenvalue weighted by molar-refractivity contribution is 5.35. The first kappa shape index (κ1) is 7.96. The van der Waals surface area contributed by atoms with Crippen molar-refractivity contribution in [2.75, 3.05) is 0 Å². The third-order valence-electron chi connectivity index (χ3n) is 1.68. The molecule has 1 aliphatic carbocycles. The first-order valence-corrected chi connectivity index (χ1v) is 3.72. The first-order chi connectivity index (χ1) is 5.33. The van der Waals surface area contributed by atoms with Crippen molar-refractivity contribution in [3.8, 4) is 0 Å². The number of nitrogens with zero attached hydrogens (tertiary/aromatic N) is 1. The molecule has 0 N–H and O–H groups in total. The fraction of sp³-hybridized carbons (Fsp3) is 0.444. The van der Waals surface area contributed by atoms with E-state index in [0.29, 0.717) is 0 Å². The lowest BCUT2D eigenvalue weighted by Gasteiger charge is -1.99. The summed E-state index contributed by atoms with van der Waals surface area (Å²) in [5.41, 5.74) is 1.27. The van der Waals surface area contributed by atoms with Gasteiger partial charge >= 0.3 is 0 Å². The van der Waals surface area contributed by atoms with Gasteiger partial charge in [0.25, 0.3) is 0 Å². The Morgan fingerprint density at radius 3 is 3.18 bits per heavy atom. The summed E-state index contributed by atoms with van der Waals surface area (Å²) in [6, 6.07) is 0.0197. The highest BCUT2D eigenvalue weighted by Gasteiger charge is 2.03. The van der Waals surface area contributed by atoms with Crippen LogP contribution in [0.15, 0.2) is 28.8 Å². The number of allylic oxidation sites excluding steroid dienone is 2. The fourth-order valence-electron chi connectivity index (χ4n) is 1.13. The maximum Gasteiger partial charge on any atom is 0.235 e. The summed E-state index contributed by atoms with van der Waals surface area (Å²) >= 11 is 0. The topological polar surface area (TPSA) is 29.4 Å². The molecule has 58 valence electrons. The van der Waals surface area contributed by atoms with E-state index in [-0.39, 0.29) is 6.04 Å². The van der Waals surface area contributed by atoms with Gasteiger partial charge in [-0.25, -0.2) is 4.79 Å². The maximum absolute atomic E-state index is 9.95. The Hall–Kier alpha value is -1.14. The predicted octanol–water partition coefficient (Wildman–Crippen LogP) is 1.99. The van der Waals surface area contributed by atoms with Gasteiger partial charge in [0, 0.05) is 0 Å². The molecular formula is C9H11NO. The molecule has 0 aromatic rings. The van der Waals surface area contributed by atoms with Gasteiger partial charge in [0.2, 0.25) is 6.08 Å². The first-order valence-electron chi connectivity index (χ1n) is 3.72. The van der Waals surface area contributed by atoms with E-state index >= 15 is 0 Å². The monoisotopic (exact) mass is 149 g/mol. The standard InChI is InChI=1S/C9H11NO/c1-8-4-2-3-5-9(6-8)10-7-11/h2-3,6,9H,4-5H2,1H3. The molecule has 1 rings (SSSR count). The average Bonchev–Trinajstić information content (AvgIpc) is 2.15. The van der Waals surface area contributed by atoms with E-state index < -0.39 is 0 Å². The maximum atomic E-state index is 9.95. The van der Waals surface area contributed by atoms with E-state index in [1.54, 1.807) is 6.08 Å². The molecule has 0 aromatic carbocycles. The Balaban J connectivity index is 2.73. The molecule has 0 saturated carbocycles. The quantitative estimate of drug-likeness (QED) is 0.318. The Morgan fingerprint density at radius 1 is 1.64 bits per heavy atom. The van der Waals surface area contributed by atoms with Gasteiger partial charge in [0.05, 0.1) is 6.04 Å². The zero-order chi connectivity index (χ0) is 8.10. The Bertz CT molecular complexity index is 234. The van der Waals surface area contributed by atoms with E-state index in [0.717, 1.165) is 12.8 Å². The molecule has 0 aliphatic heterocycles. The van der Waals surface area contributed by atoms with Crippen molar-refractivity contribution < 1.29 is 4.79 Å². The smallest absolute Gasteiger partial charge is 0.211 e. The molecule has 0 heterocycles. The Labute approximate surface area is 66.3 Å². The van der Waals surface area contributed by atoms with Crippen LogP contribution in [-0.4, -0.2) is 12.1 Å². The molecule has 0 spiro atoms. The van der Waals surface area contributed by atoms with Gasteiger partial charge in [-0.2, -0.15) is 4.99 Å². The van der Waals surface area contributed by atoms with E-state index in [2.05, 4.69) is 17.1 Å². The number of rotatable bonds is 1. The van der Waals surface area contributed by atoms with E-state index in [9.17, 15) is 4.79 Å². The highest BCUT2D eigenvalue weighted by atomic mass is 16.1. The van der Waals surface area contributed by atoms with Crippen LogP contribution in [0.1, 0.15) is 19.8 Å². The van der Waals surface area contributed by atoms with Crippen molar-refractivity contribution in [1.82, 2.24) is 0 Å². The normalized spacial score (nSPS) is 23.4.